The molecule has 2 saturated heterocycles. The van der Waals surface area contributed by atoms with Crippen molar-refractivity contribution in [3.8, 4) is 0 Å². The first-order valence-corrected chi connectivity index (χ1v) is 8.13. The number of carbonyl (C=O) groups excluding carboxylic acids is 3. The van der Waals surface area contributed by atoms with Gasteiger partial charge >= 0.3 is 0 Å². The number of rotatable bonds is 3. The molecule has 2 aromatic heterocycles. The van der Waals surface area contributed by atoms with Gasteiger partial charge in [-0.3, -0.25) is 24.4 Å². The highest BCUT2D eigenvalue weighted by atomic mass is 16.2. The summed E-state index contributed by atoms with van der Waals surface area (Å²) in [4.78, 5) is 48.9. The molecule has 2 fully saturated rings. The predicted octanol–water partition coefficient (Wildman–Crippen LogP) is -0.849. The van der Waals surface area contributed by atoms with Gasteiger partial charge in [-0.1, -0.05) is 0 Å². The molecule has 130 valence electrons. The van der Waals surface area contributed by atoms with Crippen molar-refractivity contribution in [2.45, 2.75) is 12.8 Å². The number of hydrogen-bond acceptors (Lipinski definition) is 7. The van der Waals surface area contributed by atoms with Gasteiger partial charge in [0.25, 0.3) is 0 Å². The summed E-state index contributed by atoms with van der Waals surface area (Å²) in [5.41, 5.74) is 0.676. The van der Waals surface area contributed by atoms with Crippen LogP contribution in [-0.4, -0.2) is 80.4 Å². The predicted molar refractivity (Wildman–Crippen MR) is 86.4 cm³/mol. The number of hydrogen-bond donors (Lipinski definition) is 1. The van der Waals surface area contributed by atoms with Crippen LogP contribution in [0.15, 0.2) is 12.5 Å². The number of aromatic amines is 1. The van der Waals surface area contributed by atoms with Gasteiger partial charge in [-0.25, -0.2) is 9.97 Å². The Balaban J connectivity index is 1.40. The molecule has 2 aliphatic rings. The molecular weight excluding hydrogens is 326 g/mol. The van der Waals surface area contributed by atoms with Crippen LogP contribution in [-0.2, 0) is 14.4 Å². The molecule has 2 aliphatic heterocycles. The first kappa shape index (κ1) is 15.5. The zero-order chi connectivity index (χ0) is 17.4. The Morgan fingerprint density at radius 2 is 1.80 bits per heavy atom. The second kappa shape index (κ2) is 6.11. The minimum atomic E-state index is -0.264. The standard InChI is InChI=1S/C15H17N7O3/c23-11-1-2-12(24)22(11)8-13(25)20-3-5-21(6-4-20)15-10-7-18-19-14(10)16-9-17-15/h7,9H,1-6,8H2,(H,16,17,18,19). The normalized spacial score (nSPS) is 18.5. The van der Waals surface area contributed by atoms with Crippen LogP contribution in [0.1, 0.15) is 12.8 Å². The van der Waals surface area contributed by atoms with E-state index in [1.807, 2.05) is 0 Å². The number of fused-ring (bicyclic) bond motifs is 1. The lowest BCUT2D eigenvalue weighted by molar-refractivity contribution is -0.145. The third kappa shape index (κ3) is 2.79. The zero-order valence-corrected chi connectivity index (χ0v) is 13.5. The summed E-state index contributed by atoms with van der Waals surface area (Å²) in [5, 5.41) is 7.64. The SMILES string of the molecule is O=C(CN1C(=O)CCC1=O)N1CCN(c2ncnc3[nH]ncc23)CC1. The maximum absolute atomic E-state index is 12.4. The van der Waals surface area contributed by atoms with Gasteiger partial charge in [0.05, 0.1) is 11.6 Å². The molecule has 2 aromatic rings. The first-order valence-electron chi connectivity index (χ1n) is 8.13. The van der Waals surface area contributed by atoms with Crippen molar-refractivity contribution in [1.29, 1.82) is 0 Å². The fourth-order valence-corrected chi connectivity index (χ4v) is 3.21. The van der Waals surface area contributed by atoms with Gasteiger partial charge in [0.2, 0.25) is 17.7 Å². The zero-order valence-electron chi connectivity index (χ0n) is 13.5. The maximum Gasteiger partial charge on any atom is 0.242 e. The van der Waals surface area contributed by atoms with Crippen molar-refractivity contribution in [2.75, 3.05) is 37.6 Å². The molecule has 0 atom stereocenters. The van der Waals surface area contributed by atoms with E-state index >= 15 is 0 Å². The van der Waals surface area contributed by atoms with Gasteiger partial charge in [-0.05, 0) is 0 Å². The van der Waals surface area contributed by atoms with Crippen molar-refractivity contribution in [3.05, 3.63) is 12.5 Å². The lowest BCUT2D eigenvalue weighted by Gasteiger charge is -2.36. The number of likely N-dealkylation sites (tertiary alicyclic amines) is 1. The minimum absolute atomic E-state index is 0.156. The van der Waals surface area contributed by atoms with Crippen molar-refractivity contribution in [2.24, 2.45) is 0 Å². The van der Waals surface area contributed by atoms with E-state index in [1.54, 1.807) is 11.1 Å². The van der Waals surface area contributed by atoms with E-state index in [0.29, 0.717) is 31.8 Å². The van der Waals surface area contributed by atoms with Gasteiger partial charge in [0, 0.05) is 39.0 Å². The molecule has 4 rings (SSSR count). The highest BCUT2D eigenvalue weighted by Crippen LogP contribution is 2.22. The highest BCUT2D eigenvalue weighted by Gasteiger charge is 2.32. The summed E-state index contributed by atoms with van der Waals surface area (Å²) < 4.78 is 0. The number of amides is 3. The Labute approximate surface area is 142 Å². The average molecular weight is 343 g/mol. The number of anilines is 1. The summed E-state index contributed by atoms with van der Waals surface area (Å²) >= 11 is 0. The molecule has 0 radical (unpaired) electrons. The monoisotopic (exact) mass is 343 g/mol. The maximum atomic E-state index is 12.4. The van der Waals surface area contributed by atoms with E-state index in [1.165, 1.54) is 6.33 Å². The Kier molecular flexibility index (Phi) is 3.79. The lowest BCUT2D eigenvalue weighted by atomic mass is 10.2. The second-order valence-electron chi connectivity index (χ2n) is 6.07. The van der Waals surface area contributed by atoms with Crippen LogP contribution in [0.25, 0.3) is 11.0 Å². The Morgan fingerprint density at radius 1 is 1.08 bits per heavy atom. The van der Waals surface area contributed by atoms with Gasteiger partial charge in [-0.15, -0.1) is 0 Å². The number of piperazine rings is 1. The molecule has 0 aromatic carbocycles. The van der Waals surface area contributed by atoms with Gasteiger partial charge in [-0.2, -0.15) is 5.10 Å². The molecule has 10 heteroatoms. The number of imide groups is 1. The smallest absolute Gasteiger partial charge is 0.242 e. The van der Waals surface area contributed by atoms with Crippen LogP contribution >= 0.6 is 0 Å². The third-order valence-electron chi connectivity index (χ3n) is 4.61. The summed E-state index contributed by atoms with van der Waals surface area (Å²) in [6.07, 6.45) is 3.58. The number of carbonyl (C=O) groups is 3. The van der Waals surface area contributed by atoms with Gasteiger partial charge in [0.15, 0.2) is 5.65 Å². The van der Waals surface area contributed by atoms with Crippen molar-refractivity contribution in [1.82, 2.24) is 30.0 Å². The molecule has 25 heavy (non-hydrogen) atoms. The molecule has 0 aliphatic carbocycles. The molecular formula is C15H17N7O3. The summed E-state index contributed by atoms with van der Waals surface area (Å²) in [5.74, 6) is 0.0655. The van der Waals surface area contributed by atoms with Crippen LogP contribution in [0.3, 0.4) is 0 Å². The number of aromatic nitrogens is 4. The minimum Gasteiger partial charge on any atom is -0.352 e. The van der Waals surface area contributed by atoms with Crippen LogP contribution in [0.4, 0.5) is 5.82 Å². The van der Waals surface area contributed by atoms with Crippen molar-refractivity contribution >= 4 is 34.6 Å². The first-order chi connectivity index (χ1) is 12.1. The second-order valence-corrected chi connectivity index (χ2v) is 6.07. The number of H-pyrrole nitrogens is 1. The summed E-state index contributed by atoms with van der Waals surface area (Å²) in [6.45, 7) is 2.10. The molecule has 0 spiro atoms. The van der Waals surface area contributed by atoms with E-state index in [-0.39, 0.29) is 37.1 Å². The third-order valence-corrected chi connectivity index (χ3v) is 4.61. The molecule has 0 unspecified atom stereocenters. The van der Waals surface area contributed by atoms with Crippen LogP contribution in [0.2, 0.25) is 0 Å². The summed E-state index contributed by atoms with van der Waals surface area (Å²) in [7, 11) is 0. The van der Waals surface area contributed by atoms with Crippen LogP contribution < -0.4 is 4.90 Å². The molecule has 0 saturated carbocycles. The molecule has 3 amide bonds. The molecule has 1 N–H and O–H groups in total. The topological polar surface area (TPSA) is 115 Å². The number of nitrogens with zero attached hydrogens (tertiary/aromatic N) is 6. The fraction of sp³-hybridized carbons (Fsp3) is 0.467. The van der Waals surface area contributed by atoms with Crippen LogP contribution in [0, 0.1) is 0 Å². The van der Waals surface area contributed by atoms with Gasteiger partial charge < -0.3 is 9.80 Å². The van der Waals surface area contributed by atoms with Crippen molar-refractivity contribution in [3.63, 3.8) is 0 Å². The Morgan fingerprint density at radius 3 is 2.52 bits per heavy atom. The van der Waals surface area contributed by atoms with E-state index in [9.17, 15) is 14.4 Å². The largest absolute Gasteiger partial charge is 0.352 e. The number of nitrogens with one attached hydrogen (secondary N) is 1. The van der Waals surface area contributed by atoms with E-state index in [2.05, 4.69) is 25.1 Å². The van der Waals surface area contributed by atoms with E-state index < -0.39 is 0 Å². The highest BCUT2D eigenvalue weighted by molar-refractivity contribution is 6.04. The average Bonchev–Trinajstić information content (AvgIpc) is 3.23. The molecule has 0 bridgehead atoms. The summed E-state index contributed by atoms with van der Waals surface area (Å²) in [6, 6.07) is 0. The van der Waals surface area contributed by atoms with E-state index in [0.717, 1.165) is 16.1 Å². The Hall–Kier alpha value is -3.04. The lowest BCUT2D eigenvalue weighted by Crippen LogP contribution is -2.52. The molecule has 10 nitrogen and oxygen atoms in total. The Bertz CT molecular complexity index is 825. The quantitative estimate of drug-likeness (QED) is 0.722. The van der Waals surface area contributed by atoms with Crippen molar-refractivity contribution < 1.29 is 14.4 Å². The van der Waals surface area contributed by atoms with Gasteiger partial charge in [0.1, 0.15) is 18.7 Å². The fourth-order valence-electron chi connectivity index (χ4n) is 3.21. The van der Waals surface area contributed by atoms with E-state index in [4.69, 9.17) is 0 Å². The molecule has 4 heterocycles. The van der Waals surface area contributed by atoms with Crippen LogP contribution in [0.5, 0.6) is 0 Å².